The van der Waals surface area contributed by atoms with Crippen LogP contribution in [-0.2, 0) is 11.2 Å². The van der Waals surface area contributed by atoms with E-state index in [1.165, 1.54) is 12.1 Å². The molecule has 2 unspecified atom stereocenters. The molecule has 20 heavy (non-hydrogen) atoms. The molecule has 3 nitrogen and oxygen atoms in total. The van der Waals surface area contributed by atoms with Gasteiger partial charge in [0.15, 0.2) is 0 Å². The number of carbonyl (C=O) groups is 1. The fraction of sp³-hybridized carbons (Fsp3) is 0.562. The maximum Gasteiger partial charge on any atom is 0.220 e. The molecule has 0 bridgehead atoms. The van der Waals surface area contributed by atoms with Gasteiger partial charge in [-0.05, 0) is 42.9 Å². The number of aliphatic hydroxyl groups excluding tert-OH is 1. The molecule has 0 spiro atoms. The van der Waals surface area contributed by atoms with Crippen LogP contribution < -0.4 is 5.32 Å². The van der Waals surface area contributed by atoms with Gasteiger partial charge in [0, 0.05) is 19.1 Å². The third-order valence-corrected chi connectivity index (χ3v) is 3.34. The molecule has 1 amide bonds. The number of nitrogens with one attached hydrogen (secondary N) is 1. The lowest BCUT2D eigenvalue weighted by Gasteiger charge is -2.17. The van der Waals surface area contributed by atoms with Crippen molar-refractivity contribution in [2.75, 3.05) is 6.61 Å². The van der Waals surface area contributed by atoms with Crippen LogP contribution in [0, 0.1) is 11.7 Å². The highest BCUT2D eigenvalue weighted by Gasteiger charge is 2.13. The Hall–Kier alpha value is -1.42. The Kier molecular flexibility index (Phi) is 7.23. The van der Waals surface area contributed by atoms with Crippen LogP contribution in [0.1, 0.15) is 38.7 Å². The second kappa shape index (κ2) is 8.69. The summed E-state index contributed by atoms with van der Waals surface area (Å²) in [5, 5.41) is 11.8. The van der Waals surface area contributed by atoms with Crippen LogP contribution in [-0.4, -0.2) is 23.7 Å². The number of aliphatic hydroxyl groups is 1. The summed E-state index contributed by atoms with van der Waals surface area (Å²) < 4.78 is 13.1. The van der Waals surface area contributed by atoms with Crippen LogP contribution in [0.5, 0.6) is 0 Å². The molecule has 1 aromatic carbocycles. The molecule has 0 aliphatic heterocycles. The molecule has 1 rings (SSSR count). The Morgan fingerprint density at radius 1 is 1.45 bits per heavy atom. The molecule has 0 heterocycles. The molecule has 0 radical (unpaired) electrons. The highest BCUT2D eigenvalue weighted by atomic mass is 19.1. The van der Waals surface area contributed by atoms with E-state index in [0.717, 1.165) is 12.0 Å². The van der Waals surface area contributed by atoms with Gasteiger partial charge in [-0.3, -0.25) is 4.79 Å². The third-order valence-electron chi connectivity index (χ3n) is 3.34. The molecule has 0 fully saturated rings. The molecule has 2 atom stereocenters. The summed E-state index contributed by atoms with van der Waals surface area (Å²) in [6.45, 7) is 4.05. The van der Waals surface area contributed by atoms with E-state index in [-0.39, 0.29) is 30.3 Å². The highest BCUT2D eigenvalue weighted by Crippen LogP contribution is 2.13. The Bertz CT molecular complexity index is 423. The van der Waals surface area contributed by atoms with Gasteiger partial charge in [-0.15, -0.1) is 0 Å². The van der Waals surface area contributed by atoms with Gasteiger partial charge in [0.1, 0.15) is 5.82 Å². The Balaban J connectivity index is 2.41. The molecule has 0 saturated carbocycles. The van der Waals surface area contributed by atoms with Crippen LogP contribution in [0.15, 0.2) is 24.3 Å². The number of amides is 1. The number of hydrogen-bond donors (Lipinski definition) is 2. The van der Waals surface area contributed by atoms with E-state index in [9.17, 15) is 9.18 Å². The quantitative estimate of drug-likeness (QED) is 0.769. The van der Waals surface area contributed by atoms with E-state index >= 15 is 0 Å². The lowest BCUT2D eigenvalue weighted by molar-refractivity contribution is -0.122. The van der Waals surface area contributed by atoms with Gasteiger partial charge in [0.2, 0.25) is 5.91 Å². The molecule has 2 N–H and O–H groups in total. The van der Waals surface area contributed by atoms with Gasteiger partial charge in [0.25, 0.3) is 0 Å². The first-order valence-corrected chi connectivity index (χ1v) is 7.19. The van der Waals surface area contributed by atoms with Crippen molar-refractivity contribution in [1.29, 1.82) is 0 Å². The van der Waals surface area contributed by atoms with Crippen molar-refractivity contribution in [2.24, 2.45) is 5.92 Å². The van der Waals surface area contributed by atoms with Gasteiger partial charge in [-0.25, -0.2) is 4.39 Å². The van der Waals surface area contributed by atoms with Gasteiger partial charge < -0.3 is 10.4 Å². The van der Waals surface area contributed by atoms with Crippen molar-refractivity contribution < 1.29 is 14.3 Å². The zero-order chi connectivity index (χ0) is 15.0. The first-order valence-electron chi connectivity index (χ1n) is 7.19. The smallest absolute Gasteiger partial charge is 0.220 e. The van der Waals surface area contributed by atoms with Gasteiger partial charge in [-0.2, -0.15) is 0 Å². The molecular weight excluding hydrogens is 257 g/mol. The maximum atomic E-state index is 13.1. The highest BCUT2D eigenvalue weighted by molar-refractivity contribution is 5.76. The normalized spacial score (nSPS) is 13.8. The standard InChI is InChI=1S/C16H24FNO2/c1-3-15(7-8-19)18-16(20)10-12(2)9-13-5-4-6-14(17)11-13/h4-6,11-12,15,19H,3,7-10H2,1-2H3,(H,18,20). The van der Waals surface area contributed by atoms with Crippen molar-refractivity contribution in [3.8, 4) is 0 Å². The Morgan fingerprint density at radius 2 is 2.20 bits per heavy atom. The molecule has 4 heteroatoms. The van der Waals surface area contributed by atoms with E-state index in [4.69, 9.17) is 5.11 Å². The second-order valence-electron chi connectivity index (χ2n) is 5.33. The minimum Gasteiger partial charge on any atom is -0.396 e. The number of rotatable bonds is 8. The minimum atomic E-state index is -0.242. The van der Waals surface area contributed by atoms with E-state index in [1.807, 2.05) is 19.9 Å². The largest absolute Gasteiger partial charge is 0.396 e. The molecule has 0 aromatic heterocycles. The molecule has 1 aromatic rings. The van der Waals surface area contributed by atoms with Crippen molar-refractivity contribution in [2.45, 2.75) is 45.6 Å². The third kappa shape index (κ3) is 6.15. The van der Waals surface area contributed by atoms with Crippen molar-refractivity contribution in [3.05, 3.63) is 35.6 Å². The van der Waals surface area contributed by atoms with Crippen LogP contribution >= 0.6 is 0 Å². The monoisotopic (exact) mass is 281 g/mol. The zero-order valence-corrected chi connectivity index (χ0v) is 12.2. The van der Waals surface area contributed by atoms with E-state index in [2.05, 4.69) is 5.32 Å². The average molecular weight is 281 g/mol. The molecule has 0 aliphatic carbocycles. The molecule has 0 aliphatic rings. The van der Waals surface area contributed by atoms with Crippen LogP contribution in [0.3, 0.4) is 0 Å². The van der Waals surface area contributed by atoms with E-state index < -0.39 is 0 Å². The predicted molar refractivity (Wildman–Crippen MR) is 77.8 cm³/mol. The minimum absolute atomic E-state index is 0.00537. The summed E-state index contributed by atoms with van der Waals surface area (Å²) in [7, 11) is 0. The number of hydrogen-bond acceptors (Lipinski definition) is 2. The summed E-state index contributed by atoms with van der Waals surface area (Å²) >= 11 is 0. The first kappa shape index (κ1) is 16.6. The first-order chi connectivity index (χ1) is 9.55. The molecular formula is C16H24FNO2. The van der Waals surface area contributed by atoms with Crippen LogP contribution in [0.4, 0.5) is 4.39 Å². The summed E-state index contributed by atoms with van der Waals surface area (Å²) in [6.07, 6.45) is 2.49. The second-order valence-corrected chi connectivity index (χ2v) is 5.33. The van der Waals surface area contributed by atoms with Gasteiger partial charge >= 0.3 is 0 Å². The topological polar surface area (TPSA) is 49.3 Å². The summed E-state index contributed by atoms with van der Waals surface area (Å²) in [5.41, 5.74) is 0.910. The average Bonchev–Trinajstić information content (AvgIpc) is 2.37. The predicted octanol–water partition coefficient (Wildman–Crippen LogP) is 2.67. The lowest BCUT2D eigenvalue weighted by atomic mass is 9.97. The Morgan fingerprint density at radius 3 is 2.80 bits per heavy atom. The van der Waals surface area contributed by atoms with Crippen molar-refractivity contribution in [3.63, 3.8) is 0 Å². The van der Waals surface area contributed by atoms with Crippen molar-refractivity contribution >= 4 is 5.91 Å². The molecule has 112 valence electrons. The van der Waals surface area contributed by atoms with Gasteiger partial charge in [0.05, 0.1) is 0 Å². The van der Waals surface area contributed by atoms with Crippen molar-refractivity contribution in [1.82, 2.24) is 5.32 Å². The lowest BCUT2D eigenvalue weighted by Crippen LogP contribution is -2.35. The Labute approximate surface area is 120 Å². The summed E-state index contributed by atoms with van der Waals surface area (Å²) in [4.78, 5) is 11.9. The number of carbonyl (C=O) groups excluding carboxylic acids is 1. The molecule has 0 saturated heterocycles. The zero-order valence-electron chi connectivity index (χ0n) is 12.2. The van der Waals surface area contributed by atoms with E-state index in [1.54, 1.807) is 6.07 Å². The SMILES string of the molecule is CCC(CCO)NC(=O)CC(C)Cc1cccc(F)c1. The fourth-order valence-corrected chi connectivity index (χ4v) is 2.28. The summed E-state index contributed by atoms with van der Waals surface area (Å²) in [5.74, 6) is -0.0919. The number of benzene rings is 1. The summed E-state index contributed by atoms with van der Waals surface area (Å²) in [6, 6.07) is 6.52. The van der Waals surface area contributed by atoms with Crippen LogP contribution in [0.25, 0.3) is 0 Å². The fourth-order valence-electron chi connectivity index (χ4n) is 2.28. The van der Waals surface area contributed by atoms with Gasteiger partial charge in [-0.1, -0.05) is 26.0 Å². The van der Waals surface area contributed by atoms with E-state index in [0.29, 0.717) is 19.3 Å². The van der Waals surface area contributed by atoms with Crippen LogP contribution in [0.2, 0.25) is 0 Å². The number of halogens is 1. The maximum absolute atomic E-state index is 13.1.